The minimum atomic E-state index is -1.24. The zero-order chi connectivity index (χ0) is 8.20. The predicted molar refractivity (Wildman–Crippen MR) is 48.9 cm³/mol. The van der Waals surface area contributed by atoms with Crippen molar-refractivity contribution in [3.63, 3.8) is 0 Å². The maximum Gasteiger partial charge on any atom is 0.0781 e. The summed E-state index contributed by atoms with van der Waals surface area (Å²) in [5.74, 6) is 0. The molecule has 0 bridgehead atoms. The SMILES string of the molecule is CCCCC(O)[Si](C)(C)C. The summed E-state index contributed by atoms with van der Waals surface area (Å²) in [5.41, 5.74) is 0.00690. The molecule has 0 saturated carbocycles. The zero-order valence-corrected chi connectivity index (χ0v) is 8.65. The number of aliphatic hydroxyl groups excluding tert-OH is 1. The van der Waals surface area contributed by atoms with Crippen LogP contribution in [0.3, 0.4) is 0 Å². The molecule has 1 atom stereocenters. The molecule has 0 amide bonds. The summed E-state index contributed by atoms with van der Waals surface area (Å²) < 4.78 is 0. The van der Waals surface area contributed by atoms with Crippen LogP contribution in [0.25, 0.3) is 0 Å². The van der Waals surface area contributed by atoms with E-state index in [0.29, 0.717) is 0 Å². The summed E-state index contributed by atoms with van der Waals surface area (Å²) in [7, 11) is -1.24. The molecule has 10 heavy (non-hydrogen) atoms. The Morgan fingerprint density at radius 2 is 1.80 bits per heavy atom. The third-order valence-corrected chi connectivity index (χ3v) is 4.12. The van der Waals surface area contributed by atoms with Gasteiger partial charge in [-0.25, -0.2) is 0 Å². The van der Waals surface area contributed by atoms with Crippen LogP contribution in [0, 0.1) is 0 Å². The van der Waals surface area contributed by atoms with E-state index < -0.39 is 8.07 Å². The molecule has 1 unspecified atom stereocenters. The molecule has 0 rings (SSSR count). The van der Waals surface area contributed by atoms with E-state index in [1.54, 1.807) is 0 Å². The van der Waals surface area contributed by atoms with Crippen LogP contribution in [0.2, 0.25) is 19.6 Å². The summed E-state index contributed by atoms with van der Waals surface area (Å²) in [4.78, 5) is 0. The Balaban J connectivity index is 3.52. The molecule has 0 aromatic carbocycles. The molecule has 0 heterocycles. The maximum absolute atomic E-state index is 9.58. The van der Waals surface area contributed by atoms with Crippen LogP contribution in [0.5, 0.6) is 0 Å². The molecule has 0 fully saturated rings. The third kappa shape index (κ3) is 4.07. The summed E-state index contributed by atoms with van der Waals surface area (Å²) >= 11 is 0. The van der Waals surface area contributed by atoms with Crippen LogP contribution in [0.4, 0.5) is 0 Å². The van der Waals surface area contributed by atoms with Crippen LogP contribution in [0.1, 0.15) is 26.2 Å². The standard InChI is InChI=1S/C8H20OSi/c1-5-6-7-8(9)10(2,3)4/h8-9H,5-7H2,1-4H3. The second-order valence-corrected chi connectivity index (χ2v) is 9.42. The van der Waals surface area contributed by atoms with Crippen molar-refractivity contribution in [3.8, 4) is 0 Å². The van der Waals surface area contributed by atoms with Crippen molar-refractivity contribution >= 4 is 8.07 Å². The van der Waals surface area contributed by atoms with Crippen molar-refractivity contribution < 1.29 is 5.11 Å². The lowest BCUT2D eigenvalue weighted by atomic mass is 10.3. The van der Waals surface area contributed by atoms with E-state index >= 15 is 0 Å². The Kier molecular flexibility index (Phi) is 4.21. The summed E-state index contributed by atoms with van der Waals surface area (Å²) in [6, 6.07) is 0. The van der Waals surface area contributed by atoms with Crippen molar-refractivity contribution in [2.75, 3.05) is 0 Å². The fourth-order valence-electron chi connectivity index (χ4n) is 0.830. The number of unbranched alkanes of at least 4 members (excludes halogenated alkanes) is 1. The number of hydrogen-bond acceptors (Lipinski definition) is 1. The first-order chi connectivity index (χ1) is 4.48. The van der Waals surface area contributed by atoms with E-state index in [0.717, 1.165) is 6.42 Å². The van der Waals surface area contributed by atoms with Gasteiger partial charge in [-0.05, 0) is 6.42 Å². The molecule has 1 N–H and O–H groups in total. The Labute approximate surface area is 65.5 Å². The van der Waals surface area contributed by atoms with Gasteiger partial charge >= 0.3 is 0 Å². The van der Waals surface area contributed by atoms with Gasteiger partial charge in [0.25, 0.3) is 0 Å². The minimum absolute atomic E-state index is 0.00690. The van der Waals surface area contributed by atoms with Gasteiger partial charge in [0.05, 0.1) is 8.07 Å². The first-order valence-electron chi connectivity index (χ1n) is 4.16. The first kappa shape index (κ1) is 10.2. The van der Waals surface area contributed by atoms with Gasteiger partial charge in [0.2, 0.25) is 0 Å². The molecule has 0 saturated heterocycles. The molecule has 0 spiro atoms. The van der Waals surface area contributed by atoms with Gasteiger partial charge in [0, 0.05) is 5.73 Å². The molecular weight excluding hydrogens is 140 g/mol. The van der Waals surface area contributed by atoms with Gasteiger partial charge < -0.3 is 5.11 Å². The van der Waals surface area contributed by atoms with E-state index in [-0.39, 0.29) is 5.73 Å². The molecule has 1 nitrogen and oxygen atoms in total. The van der Waals surface area contributed by atoms with E-state index in [1.165, 1.54) is 12.8 Å². The van der Waals surface area contributed by atoms with Gasteiger partial charge in [0.1, 0.15) is 0 Å². The zero-order valence-electron chi connectivity index (χ0n) is 7.65. The van der Waals surface area contributed by atoms with Crippen molar-refractivity contribution in [3.05, 3.63) is 0 Å². The Morgan fingerprint density at radius 3 is 2.10 bits per heavy atom. The highest BCUT2D eigenvalue weighted by molar-refractivity contribution is 6.77. The molecule has 0 aromatic heterocycles. The summed E-state index contributed by atoms with van der Waals surface area (Å²) in [5, 5.41) is 9.58. The highest BCUT2D eigenvalue weighted by atomic mass is 28.3. The molecule has 0 aliphatic rings. The molecular formula is C8H20OSi. The molecule has 0 aliphatic heterocycles. The van der Waals surface area contributed by atoms with Crippen LogP contribution in [0.15, 0.2) is 0 Å². The number of rotatable bonds is 4. The lowest BCUT2D eigenvalue weighted by Crippen LogP contribution is -2.37. The topological polar surface area (TPSA) is 20.2 Å². The highest BCUT2D eigenvalue weighted by Gasteiger charge is 2.23. The Bertz CT molecular complexity index is 85.7. The van der Waals surface area contributed by atoms with E-state index in [9.17, 15) is 5.11 Å². The first-order valence-corrected chi connectivity index (χ1v) is 7.74. The van der Waals surface area contributed by atoms with Crippen molar-refractivity contribution in [2.45, 2.75) is 51.6 Å². The highest BCUT2D eigenvalue weighted by Crippen LogP contribution is 2.13. The fraction of sp³-hybridized carbons (Fsp3) is 1.00. The summed E-state index contributed by atoms with van der Waals surface area (Å²) in [6.45, 7) is 8.81. The number of hydrogen-bond donors (Lipinski definition) is 1. The second kappa shape index (κ2) is 4.14. The minimum Gasteiger partial charge on any atom is -0.397 e. The van der Waals surface area contributed by atoms with Gasteiger partial charge in [-0.1, -0.05) is 39.4 Å². The van der Waals surface area contributed by atoms with Crippen molar-refractivity contribution in [1.29, 1.82) is 0 Å². The fourth-order valence-corrected chi connectivity index (χ4v) is 1.90. The van der Waals surface area contributed by atoms with E-state index in [4.69, 9.17) is 0 Å². The van der Waals surface area contributed by atoms with Gasteiger partial charge in [-0.2, -0.15) is 0 Å². The molecule has 2 heteroatoms. The van der Waals surface area contributed by atoms with Gasteiger partial charge in [0.15, 0.2) is 0 Å². The lowest BCUT2D eigenvalue weighted by Gasteiger charge is -2.23. The smallest absolute Gasteiger partial charge is 0.0781 e. The van der Waals surface area contributed by atoms with E-state index in [2.05, 4.69) is 26.6 Å². The predicted octanol–water partition coefficient (Wildman–Crippen LogP) is 2.41. The third-order valence-electron chi connectivity index (χ3n) is 1.83. The molecule has 0 radical (unpaired) electrons. The van der Waals surface area contributed by atoms with Crippen LogP contribution in [-0.4, -0.2) is 18.9 Å². The van der Waals surface area contributed by atoms with Crippen LogP contribution >= 0.6 is 0 Å². The van der Waals surface area contributed by atoms with Crippen molar-refractivity contribution in [1.82, 2.24) is 0 Å². The Morgan fingerprint density at radius 1 is 1.30 bits per heavy atom. The Hall–Kier alpha value is 0.177. The average molecular weight is 160 g/mol. The van der Waals surface area contributed by atoms with Crippen molar-refractivity contribution in [2.24, 2.45) is 0 Å². The molecule has 0 aromatic rings. The van der Waals surface area contributed by atoms with E-state index in [1.807, 2.05) is 0 Å². The van der Waals surface area contributed by atoms with Crippen LogP contribution in [-0.2, 0) is 0 Å². The van der Waals surface area contributed by atoms with Crippen LogP contribution < -0.4 is 0 Å². The van der Waals surface area contributed by atoms with Gasteiger partial charge in [-0.3, -0.25) is 0 Å². The maximum atomic E-state index is 9.58. The monoisotopic (exact) mass is 160 g/mol. The molecule has 0 aliphatic carbocycles. The number of aliphatic hydroxyl groups is 1. The normalized spacial score (nSPS) is 15.3. The molecule has 62 valence electrons. The average Bonchev–Trinajstić information content (AvgIpc) is 1.80. The van der Waals surface area contributed by atoms with Gasteiger partial charge in [-0.15, -0.1) is 0 Å². The lowest BCUT2D eigenvalue weighted by molar-refractivity contribution is 0.229. The largest absolute Gasteiger partial charge is 0.397 e. The second-order valence-electron chi connectivity index (χ2n) is 4.02. The quantitative estimate of drug-likeness (QED) is 0.626. The summed E-state index contributed by atoms with van der Waals surface area (Å²) in [6.07, 6.45) is 3.37.